The molecule has 0 bridgehead atoms. The van der Waals surface area contributed by atoms with Crippen LogP contribution >= 0.6 is 11.6 Å². The van der Waals surface area contributed by atoms with Crippen LogP contribution in [0.2, 0.25) is 5.02 Å². The van der Waals surface area contributed by atoms with Crippen molar-refractivity contribution >= 4 is 23.5 Å². The van der Waals surface area contributed by atoms with E-state index in [0.717, 1.165) is 6.42 Å². The number of halogens is 1. The van der Waals surface area contributed by atoms with Gasteiger partial charge in [0.15, 0.2) is 0 Å². The smallest absolute Gasteiger partial charge is 0.311 e. The summed E-state index contributed by atoms with van der Waals surface area (Å²) in [6.45, 7) is 6.04. The van der Waals surface area contributed by atoms with Crippen LogP contribution in [0, 0.1) is 5.92 Å². The van der Waals surface area contributed by atoms with Gasteiger partial charge in [-0.05, 0) is 43.9 Å². The third-order valence-corrected chi connectivity index (χ3v) is 3.16. The minimum Gasteiger partial charge on any atom is -0.463 e. The molecule has 0 saturated heterocycles. The number of carbonyl (C=O) groups excluding carboxylic acids is 2. The molecule has 0 fully saturated rings. The summed E-state index contributed by atoms with van der Waals surface area (Å²) < 4.78 is 10.4. The van der Waals surface area contributed by atoms with Crippen molar-refractivity contribution in [2.75, 3.05) is 0 Å². The van der Waals surface area contributed by atoms with E-state index in [0.29, 0.717) is 23.1 Å². The minimum atomic E-state index is -0.384. The topological polar surface area (TPSA) is 52.6 Å². The van der Waals surface area contributed by atoms with Gasteiger partial charge in [0.1, 0.15) is 5.75 Å². The highest BCUT2D eigenvalue weighted by Gasteiger charge is 2.12. The van der Waals surface area contributed by atoms with E-state index < -0.39 is 0 Å². The van der Waals surface area contributed by atoms with E-state index in [1.807, 2.05) is 6.92 Å². The van der Waals surface area contributed by atoms with Gasteiger partial charge < -0.3 is 9.47 Å². The molecule has 0 amide bonds. The van der Waals surface area contributed by atoms with Crippen LogP contribution in [0.5, 0.6) is 5.75 Å². The molecule has 22 heavy (non-hydrogen) atoms. The largest absolute Gasteiger partial charge is 0.463 e. The highest BCUT2D eigenvalue weighted by atomic mass is 35.5. The quantitative estimate of drug-likeness (QED) is 0.525. The number of rotatable bonds is 8. The Morgan fingerprint density at radius 3 is 2.45 bits per heavy atom. The Labute approximate surface area is 136 Å². The average molecular weight is 327 g/mol. The molecule has 0 spiro atoms. The van der Waals surface area contributed by atoms with Gasteiger partial charge in [0.25, 0.3) is 0 Å². The summed E-state index contributed by atoms with van der Waals surface area (Å²) in [6, 6.07) is 6.64. The summed E-state index contributed by atoms with van der Waals surface area (Å²) >= 11 is 5.81. The third-order valence-electron chi connectivity index (χ3n) is 2.93. The van der Waals surface area contributed by atoms with Gasteiger partial charge in [-0.2, -0.15) is 0 Å². The van der Waals surface area contributed by atoms with Crippen molar-refractivity contribution in [3.05, 3.63) is 29.3 Å². The first-order valence-corrected chi connectivity index (χ1v) is 7.90. The molecular formula is C17H23ClO4. The summed E-state index contributed by atoms with van der Waals surface area (Å²) in [5.41, 5.74) is 0. The van der Waals surface area contributed by atoms with E-state index in [9.17, 15) is 9.59 Å². The van der Waals surface area contributed by atoms with Crippen LogP contribution in [-0.4, -0.2) is 18.0 Å². The Morgan fingerprint density at radius 2 is 1.82 bits per heavy atom. The average Bonchev–Trinajstić information content (AvgIpc) is 2.37. The third kappa shape index (κ3) is 8.03. The molecule has 0 saturated carbocycles. The number of carbonyl (C=O) groups is 2. The van der Waals surface area contributed by atoms with E-state index in [4.69, 9.17) is 21.1 Å². The maximum atomic E-state index is 11.7. The van der Waals surface area contributed by atoms with Crippen molar-refractivity contribution in [3.63, 3.8) is 0 Å². The number of hydrogen-bond acceptors (Lipinski definition) is 4. The lowest BCUT2D eigenvalue weighted by Crippen LogP contribution is -2.17. The van der Waals surface area contributed by atoms with E-state index in [-0.39, 0.29) is 30.9 Å². The van der Waals surface area contributed by atoms with Crippen LogP contribution in [0.1, 0.15) is 46.5 Å². The summed E-state index contributed by atoms with van der Waals surface area (Å²) in [5.74, 6) is 0.232. The number of ether oxygens (including phenoxy) is 2. The van der Waals surface area contributed by atoms with Crippen molar-refractivity contribution in [2.45, 2.75) is 52.6 Å². The fourth-order valence-electron chi connectivity index (χ4n) is 2.09. The summed E-state index contributed by atoms with van der Waals surface area (Å²) in [5, 5.41) is 0.507. The van der Waals surface area contributed by atoms with Crippen LogP contribution in [-0.2, 0) is 14.3 Å². The van der Waals surface area contributed by atoms with E-state index in [1.54, 1.807) is 24.3 Å². The highest BCUT2D eigenvalue weighted by Crippen LogP contribution is 2.18. The lowest BCUT2D eigenvalue weighted by molar-refractivity contribution is -0.149. The summed E-state index contributed by atoms with van der Waals surface area (Å²) in [4.78, 5) is 23.3. The van der Waals surface area contributed by atoms with Crippen LogP contribution in [0.3, 0.4) is 0 Å². The zero-order valence-corrected chi connectivity index (χ0v) is 14.1. The van der Waals surface area contributed by atoms with Gasteiger partial charge in [-0.25, -0.2) is 0 Å². The maximum Gasteiger partial charge on any atom is 0.311 e. The molecule has 0 aliphatic carbocycles. The fraction of sp³-hybridized carbons (Fsp3) is 0.529. The lowest BCUT2D eigenvalue weighted by atomic mass is 10.1. The fourth-order valence-corrected chi connectivity index (χ4v) is 2.27. The van der Waals surface area contributed by atoms with Gasteiger partial charge in [0.2, 0.25) is 0 Å². The Morgan fingerprint density at radius 1 is 1.14 bits per heavy atom. The second-order valence-electron chi connectivity index (χ2n) is 5.72. The molecule has 1 aromatic rings. The van der Waals surface area contributed by atoms with Gasteiger partial charge in [-0.15, -0.1) is 0 Å². The maximum absolute atomic E-state index is 11.7. The van der Waals surface area contributed by atoms with E-state index >= 15 is 0 Å². The SMILES string of the molecule is CC(C)CC(C)OC(=O)CCCC(=O)Oc1cccc(Cl)c1. The molecule has 1 atom stereocenters. The molecule has 0 N–H and O–H groups in total. The Balaban J connectivity index is 2.23. The zero-order chi connectivity index (χ0) is 16.5. The first-order chi connectivity index (χ1) is 10.4. The Bertz CT molecular complexity index is 499. The molecule has 0 heterocycles. The van der Waals surface area contributed by atoms with Crippen molar-refractivity contribution < 1.29 is 19.1 Å². The molecule has 1 aromatic carbocycles. The van der Waals surface area contributed by atoms with Gasteiger partial charge in [0.05, 0.1) is 6.10 Å². The Kier molecular flexibility index (Phi) is 7.96. The Hall–Kier alpha value is -1.55. The molecule has 0 aliphatic heterocycles. The van der Waals surface area contributed by atoms with Gasteiger partial charge in [-0.3, -0.25) is 9.59 Å². The highest BCUT2D eigenvalue weighted by molar-refractivity contribution is 6.30. The van der Waals surface area contributed by atoms with Crippen LogP contribution in [0.25, 0.3) is 0 Å². The lowest BCUT2D eigenvalue weighted by Gasteiger charge is -2.15. The standard InChI is InChI=1S/C17H23ClO4/c1-12(2)10-13(3)21-16(19)8-5-9-17(20)22-15-7-4-6-14(18)11-15/h4,6-7,11-13H,5,8-10H2,1-3H3. The molecule has 0 radical (unpaired) electrons. The second-order valence-corrected chi connectivity index (χ2v) is 6.15. The van der Waals surface area contributed by atoms with Crippen molar-refractivity contribution in [1.82, 2.24) is 0 Å². The predicted molar refractivity (Wildman–Crippen MR) is 85.9 cm³/mol. The van der Waals surface area contributed by atoms with E-state index in [1.165, 1.54) is 0 Å². The molecule has 0 aliphatic rings. The molecule has 122 valence electrons. The van der Waals surface area contributed by atoms with Crippen molar-refractivity contribution in [3.8, 4) is 5.75 Å². The molecule has 1 unspecified atom stereocenters. The van der Waals surface area contributed by atoms with Crippen LogP contribution in [0.15, 0.2) is 24.3 Å². The van der Waals surface area contributed by atoms with Crippen LogP contribution in [0.4, 0.5) is 0 Å². The minimum absolute atomic E-state index is 0.0917. The molecule has 5 heteroatoms. The molecule has 4 nitrogen and oxygen atoms in total. The monoisotopic (exact) mass is 326 g/mol. The molecule has 1 rings (SSSR count). The van der Waals surface area contributed by atoms with Crippen LogP contribution < -0.4 is 4.74 Å². The normalized spacial score (nSPS) is 12.0. The zero-order valence-electron chi connectivity index (χ0n) is 13.3. The number of hydrogen-bond donors (Lipinski definition) is 0. The number of benzene rings is 1. The van der Waals surface area contributed by atoms with Gasteiger partial charge in [0, 0.05) is 17.9 Å². The van der Waals surface area contributed by atoms with Gasteiger partial charge in [-0.1, -0.05) is 31.5 Å². The summed E-state index contributed by atoms with van der Waals surface area (Å²) in [6.07, 6.45) is 1.54. The first-order valence-electron chi connectivity index (χ1n) is 7.52. The van der Waals surface area contributed by atoms with Crippen molar-refractivity contribution in [1.29, 1.82) is 0 Å². The van der Waals surface area contributed by atoms with Gasteiger partial charge >= 0.3 is 11.9 Å². The van der Waals surface area contributed by atoms with Crippen molar-refractivity contribution in [2.24, 2.45) is 5.92 Å². The second kappa shape index (κ2) is 9.46. The predicted octanol–water partition coefficient (Wildman–Crippen LogP) is 4.39. The molecular weight excluding hydrogens is 304 g/mol. The van der Waals surface area contributed by atoms with E-state index in [2.05, 4.69) is 13.8 Å². The first kappa shape index (κ1) is 18.5. The summed E-state index contributed by atoms with van der Waals surface area (Å²) in [7, 11) is 0. The number of esters is 2. The molecule has 0 aromatic heterocycles.